The lowest BCUT2D eigenvalue weighted by Gasteiger charge is -2.09. The molecule has 13 heteroatoms. The normalized spacial score (nSPS) is 10.6. The average molecular weight is 371 g/mol. The third-order valence-electron chi connectivity index (χ3n) is 2.90. The Labute approximate surface area is 143 Å². The standard InChI is InChI=1S/C13H11F2N5O6/c14-12(15)7-26-11-2-8(1-9(3-11)19(22)23)17-13(21)6-18-5-10(4-16-18)20(24)25/h1-5,12H,6-7H2,(H,17,21). The van der Waals surface area contributed by atoms with E-state index >= 15 is 0 Å². The number of nitrogens with one attached hydrogen (secondary N) is 1. The molecule has 0 aliphatic rings. The van der Waals surface area contributed by atoms with E-state index in [1.54, 1.807) is 0 Å². The second-order valence-corrected chi connectivity index (χ2v) is 4.88. The van der Waals surface area contributed by atoms with Gasteiger partial charge in [-0.15, -0.1) is 0 Å². The first-order chi connectivity index (χ1) is 12.2. The fraction of sp³-hybridized carbons (Fsp3) is 0.231. The van der Waals surface area contributed by atoms with Gasteiger partial charge in [0.25, 0.3) is 12.1 Å². The van der Waals surface area contributed by atoms with E-state index in [9.17, 15) is 33.8 Å². The van der Waals surface area contributed by atoms with Crippen LogP contribution >= 0.6 is 0 Å². The van der Waals surface area contributed by atoms with E-state index in [1.807, 2.05) is 0 Å². The molecule has 0 saturated carbocycles. The van der Waals surface area contributed by atoms with E-state index in [4.69, 9.17) is 4.74 Å². The Morgan fingerprint density at radius 3 is 2.50 bits per heavy atom. The summed E-state index contributed by atoms with van der Waals surface area (Å²) in [5, 5.41) is 27.4. The summed E-state index contributed by atoms with van der Waals surface area (Å²) in [5.74, 6) is -0.909. The van der Waals surface area contributed by atoms with Gasteiger partial charge in [-0.3, -0.25) is 29.7 Å². The van der Waals surface area contributed by atoms with Crippen LogP contribution in [-0.4, -0.2) is 38.6 Å². The van der Waals surface area contributed by atoms with Gasteiger partial charge in [-0.05, 0) is 0 Å². The minimum absolute atomic E-state index is 0.0601. The van der Waals surface area contributed by atoms with Gasteiger partial charge in [-0.25, -0.2) is 8.78 Å². The summed E-state index contributed by atoms with van der Waals surface area (Å²) in [5.41, 5.74) is -0.840. The number of nitro benzene ring substituents is 1. The van der Waals surface area contributed by atoms with Gasteiger partial charge in [0, 0.05) is 12.1 Å². The van der Waals surface area contributed by atoms with Gasteiger partial charge in [-0.2, -0.15) is 5.10 Å². The molecule has 2 aromatic rings. The summed E-state index contributed by atoms with van der Waals surface area (Å²) in [6.07, 6.45) is -0.788. The van der Waals surface area contributed by atoms with Gasteiger partial charge in [0.15, 0.2) is 0 Å². The van der Waals surface area contributed by atoms with Crippen LogP contribution in [0.5, 0.6) is 5.75 Å². The van der Waals surface area contributed by atoms with Crippen LogP contribution in [0.3, 0.4) is 0 Å². The van der Waals surface area contributed by atoms with Crippen LogP contribution in [0.1, 0.15) is 0 Å². The Hall–Kier alpha value is -3.64. The molecule has 0 atom stereocenters. The molecule has 0 aliphatic heterocycles. The molecule has 0 spiro atoms. The number of benzene rings is 1. The van der Waals surface area contributed by atoms with Crippen LogP contribution < -0.4 is 10.1 Å². The Bertz CT molecular complexity index is 840. The van der Waals surface area contributed by atoms with Crippen molar-refractivity contribution in [1.82, 2.24) is 9.78 Å². The number of nitro groups is 2. The van der Waals surface area contributed by atoms with Crippen molar-refractivity contribution in [3.8, 4) is 5.75 Å². The molecular formula is C13H11F2N5O6. The number of carbonyl (C=O) groups is 1. The van der Waals surface area contributed by atoms with E-state index in [2.05, 4.69) is 10.4 Å². The summed E-state index contributed by atoms with van der Waals surface area (Å²) in [7, 11) is 0. The zero-order valence-electron chi connectivity index (χ0n) is 12.9. The number of hydrogen-bond donors (Lipinski definition) is 1. The monoisotopic (exact) mass is 371 g/mol. The van der Waals surface area contributed by atoms with Gasteiger partial charge in [0.05, 0.1) is 21.6 Å². The number of amides is 1. The van der Waals surface area contributed by atoms with E-state index in [-0.39, 0.29) is 17.1 Å². The van der Waals surface area contributed by atoms with Crippen molar-refractivity contribution in [3.63, 3.8) is 0 Å². The Balaban J connectivity index is 2.11. The molecular weight excluding hydrogens is 360 g/mol. The van der Waals surface area contributed by atoms with Gasteiger partial charge in [0.2, 0.25) is 5.91 Å². The van der Waals surface area contributed by atoms with Gasteiger partial charge >= 0.3 is 5.69 Å². The first kappa shape index (κ1) is 18.7. The molecule has 1 aromatic carbocycles. The zero-order valence-corrected chi connectivity index (χ0v) is 12.9. The van der Waals surface area contributed by atoms with Crippen molar-refractivity contribution < 1.29 is 28.2 Å². The fourth-order valence-electron chi connectivity index (χ4n) is 1.88. The third kappa shape index (κ3) is 5.19. The molecule has 26 heavy (non-hydrogen) atoms. The van der Waals surface area contributed by atoms with E-state index in [1.165, 1.54) is 0 Å². The number of non-ortho nitro benzene ring substituents is 1. The van der Waals surface area contributed by atoms with E-state index in [0.717, 1.165) is 35.3 Å². The maximum Gasteiger partial charge on any atom is 0.307 e. The van der Waals surface area contributed by atoms with E-state index in [0.29, 0.717) is 0 Å². The molecule has 0 fully saturated rings. The lowest BCUT2D eigenvalue weighted by Crippen LogP contribution is -2.19. The van der Waals surface area contributed by atoms with Crippen molar-refractivity contribution in [1.29, 1.82) is 0 Å². The molecule has 1 N–H and O–H groups in total. The lowest BCUT2D eigenvalue weighted by molar-refractivity contribution is -0.385. The largest absolute Gasteiger partial charge is 0.487 e. The van der Waals surface area contributed by atoms with E-state index < -0.39 is 41.0 Å². The highest BCUT2D eigenvalue weighted by molar-refractivity contribution is 5.91. The molecule has 11 nitrogen and oxygen atoms in total. The first-order valence-corrected chi connectivity index (χ1v) is 6.91. The molecule has 1 heterocycles. The topological polar surface area (TPSA) is 142 Å². The van der Waals surface area contributed by atoms with Crippen molar-refractivity contribution >= 4 is 23.0 Å². The molecule has 0 radical (unpaired) electrons. The Morgan fingerprint density at radius 2 is 1.92 bits per heavy atom. The summed E-state index contributed by atoms with van der Waals surface area (Å²) in [6.45, 7) is -1.37. The second kappa shape index (κ2) is 7.96. The Kier molecular flexibility index (Phi) is 5.72. The lowest BCUT2D eigenvalue weighted by atomic mass is 10.2. The van der Waals surface area contributed by atoms with Crippen LogP contribution in [0.15, 0.2) is 30.6 Å². The molecule has 0 saturated heterocycles. The van der Waals surface area contributed by atoms with Crippen LogP contribution in [0.4, 0.5) is 25.8 Å². The van der Waals surface area contributed by atoms with Crippen molar-refractivity contribution in [2.45, 2.75) is 13.0 Å². The van der Waals surface area contributed by atoms with Crippen molar-refractivity contribution in [2.75, 3.05) is 11.9 Å². The number of aromatic nitrogens is 2. The highest BCUT2D eigenvalue weighted by Crippen LogP contribution is 2.26. The SMILES string of the molecule is O=C(Cn1cc([N+](=O)[O-])cn1)Nc1cc(OCC(F)F)cc([N+](=O)[O-])c1. The minimum Gasteiger partial charge on any atom is -0.487 e. The zero-order chi connectivity index (χ0) is 19.3. The summed E-state index contributed by atoms with van der Waals surface area (Å²) in [4.78, 5) is 31.9. The first-order valence-electron chi connectivity index (χ1n) is 6.91. The molecule has 0 aliphatic carbocycles. The summed E-state index contributed by atoms with van der Waals surface area (Å²) >= 11 is 0. The van der Waals surface area contributed by atoms with Gasteiger partial charge in [0.1, 0.15) is 31.3 Å². The smallest absolute Gasteiger partial charge is 0.307 e. The number of anilines is 1. The number of hydrogen-bond acceptors (Lipinski definition) is 7. The fourth-order valence-corrected chi connectivity index (χ4v) is 1.88. The highest BCUT2D eigenvalue weighted by atomic mass is 19.3. The molecule has 1 aromatic heterocycles. The molecule has 1 amide bonds. The predicted octanol–water partition coefficient (Wildman–Crippen LogP) is 1.98. The quantitative estimate of drug-likeness (QED) is 0.552. The predicted molar refractivity (Wildman–Crippen MR) is 82.1 cm³/mol. The maximum atomic E-state index is 12.2. The van der Waals surface area contributed by atoms with Crippen LogP contribution in [0.2, 0.25) is 0 Å². The molecule has 0 bridgehead atoms. The number of alkyl halides is 2. The number of carbonyl (C=O) groups excluding carboxylic acids is 1. The number of rotatable bonds is 8. The minimum atomic E-state index is -2.78. The van der Waals surface area contributed by atoms with Gasteiger partial charge < -0.3 is 10.1 Å². The summed E-state index contributed by atoms with van der Waals surface area (Å²) < 4.78 is 30.1. The average Bonchev–Trinajstić information content (AvgIpc) is 3.01. The maximum absolute atomic E-state index is 12.2. The number of halogens is 2. The van der Waals surface area contributed by atoms with Crippen LogP contribution in [0, 0.1) is 20.2 Å². The van der Waals surface area contributed by atoms with Crippen molar-refractivity contribution in [2.24, 2.45) is 0 Å². The highest BCUT2D eigenvalue weighted by Gasteiger charge is 2.15. The van der Waals surface area contributed by atoms with Crippen molar-refractivity contribution in [3.05, 3.63) is 50.8 Å². The number of ether oxygens (including phenoxy) is 1. The Morgan fingerprint density at radius 1 is 1.23 bits per heavy atom. The second-order valence-electron chi connectivity index (χ2n) is 4.88. The van der Waals surface area contributed by atoms with Gasteiger partial charge in [-0.1, -0.05) is 0 Å². The summed E-state index contributed by atoms with van der Waals surface area (Å²) in [6, 6.07) is 3.09. The molecule has 0 unspecified atom stereocenters. The third-order valence-corrected chi connectivity index (χ3v) is 2.90. The van der Waals surface area contributed by atoms with Crippen LogP contribution in [-0.2, 0) is 11.3 Å². The van der Waals surface area contributed by atoms with Crippen LogP contribution in [0.25, 0.3) is 0 Å². The number of nitrogens with zero attached hydrogens (tertiary/aromatic N) is 4. The molecule has 2 rings (SSSR count). The molecule has 138 valence electrons.